The lowest BCUT2D eigenvalue weighted by Crippen LogP contribution is -2.31. The van der Waals surface area contributed by atoms with Crippen molar-refractivity contribution in [2.24, 2.45) is 10.7 Å². The van der Waals surface area contributed by atoms with E-state index in [0.29, 0.717) is 12.5 Å². The second kappa shape index (κ2) is 5.95. The lowest BCUT2D eigenvalue weighted by Gasteiger charge is -2.01. The second-order valence-corrected chi connectivity index (χ2v) is 2.82. The Labute approximate surface area is 83.2 Å². The van der Waals surface area contributed by atoms with Crippen LogP contribution in [0.15, 0.2) is 17.4 Å². The number of nitrogens with one attached hydrogen (secondary N) is 1. The number of hydrogen-bond acceptors (Lipinski definition) is 3. The Morgan fingerprint density at radius 1 is 1.64 bits per heavy atom. The van der Waals surface area contributed by atoms with Crippen LogP contribution in [0, 0.1) is 0 Å². The fourth-order valence-electron chi connectivity index (χ4n) is 1.02. The van der Waals surface area contributed by atoms with Gasteiger partial charge in [0.25, 0.3) is 0 Å². The van der Waals surface area contributed by atoms with Gasteiger partial charge in [-0.05, 0) is 13.3 Å². The number of guanidine groups is 1. The normalized spacial score (nSPS) is 11.6. The van der Waals surface area contributed by atoms with Gasteiger partial charge in [-0.3, -0.25) is 9.67 Å². The van der Waals surface area contributed by atoms with E-state index in [9.17, 15) is 0 Å². The van der Waals surface area contributed by atoms with Gasteiger partial charge in [0.1, 0.15) is 0 Å². The van der Waals surface area contributed by atoms with Crippen LogP contribution in [0.2, 0.25) is 0 Å². The van der Waals surface area contributed by atoms with Gasteiger partial charge in [-0.2, -0.15) is 0 Å². The molecule has 0 saturated carbocycles. The summed E-state index contributed by atoms with van der Waals surface area (Å²) in [4.78, 5) is 4.14. The Hall–Kier alpha value is -1.59. The van der Waals surface area contributed by atoms with Crippen LogP contribution in [0.4, 0.5) is 0 Å². The first kappa shape index (κ1) is 10.5. The van der Waals surface area contributed by atoms with E-state index in [0.717, 1.165) is 19.5 Å². The molecule has 0 spiro atoms. The summed E-state index contributed by atoms with van der Waals surface area (Å²) in [6, 6.07) is 0. The van der Waals surface area contributed by atoms with Crippen molar-refractivity contribution in [3.63, 3.8) is 0 Å². The van der Waals surface area contributed by atoms with E-state index in [1.165, 1.54) is 0 Å². The van der Waals surface area contributed by atoms with Crippen molar-refractivity contribution in [3.05, 3.63) is 12.4 Å². The molecule has 0 atom stereocenters. The van der Waals surface area contributed by atoms with Crippen molar-refractivity contribution >= 4 is 5.96 Å². The molecule has 0 aromatic carbocycles. The highest BCUT2D eigenvalue weighted by atomic mass is 15.4. The maximum Gasteiger partial charge on any atom is 0.188 e. The van der Waals surface area contributed by atoms with Crippen molar-refractivity contribution in [1.82, 2.24) is 20.3 Å². The summed E-state index contributed by atoms with van der Waals surface area (Å²) in [7, 11) is 0. The highest BCUT2D eigenvalue weighted by Gasteiger charge is 1.91. The average Bonchev–Trinajstić information content (AvgIpc) is 2.65. The minimum atomic E-state index is 0.506. The predicted molar refractivity (Wildman–Crippen MR) is 54.8 cm³/mol. The SMILES string of the molecule is CCNC(N)=NCCCn1ccnn1. The Kier molecular flexibility index (Phi) is 4.46. The van der Waals surface area contributed by atoms with Gasteiger partial charge in [0, 0.05) is 25.8 Å². The molecule has 6 nitrogen and oxygen atoms in total. The van der Waals surface area contributed by atoms with Gasteiger partial charge in [-0.1, -0.05) is 5.21 Å². The van der Waals surface area contributed by atoms with Gasteiger partial charge in [-0.25, -0.2) is 0 Å². The molecule has 0 bridgehead atoms. The van der Waals surface area contributed by atoms with Crippen LogP contribution in [0.3, 0.4) is 0 Å². The van der Waals surface area contributed by atoms with Crippen molar-refractivity contribution < 1.29 is 0 Å². The van der Waals surface area contributed by atoms with E-state index in [2.05, 4.69) is 20.6 Å². The quantitative estimate of drug-likeness (QED) is 0.381. The zero-order valence-electron chi connectivity index (χ0n) is 8.35. The Bertz CT molecular complexity index is 265. The van der Waals surface area contributed by atoms with Gasteiger partial charge in [0.2, 0.25) is 0 Å². The van der Waals surface area contributed by atoms with Gasteiger partial charge in [-0.15, -0.1) is 5.10 Å². The number of nitrogens with two attached hydrogens (primary N) is 1. The number of hydrogen-bond donors (Lipinski definition) is 2. The number of rotatable bonds is 5. The molecule has 0 saturated heterocycles. The molecule has 1 rings (SSSR count). The van der Waals surface area contributed by atoms with Crippen molar-refractivity contribution in [1.29, 1.82) is 0 Å². The third-order valence-electron chi connectivity index (χ3n) is 1.66. The molecule has 3 N–H and O–H groups in total. The molecule has 6 heteroatoms. The van der Waals surface area contributed by atoms with Crippen LogP contribution in [-0.2, 0) is 6.54 Å². The molecule has 0 unspecified atom stereocenters. The topological polar surface area (TPSA) is 81.1 Å². The fraction of sp³-hybridized carbons (Fsp3) is 0.625. The number of aromatic nitrogens is 3. The van der Waals surface area contributed by atoms with Crippen LogP contribution in [0.1, 0.15) is 13.3 Å². The standard InChI is InChI=1S/C8H16N6/c1-2-10-8(9)11-4-3-6-14-7-5-12-13-14/h5,7H,2-4,6H2,1H3,(H3,9,10,11). The first-order valence-corrected chi connectivity index (χ1v) is 4.71. The molecular formula is C8H16N6. The van der Waals surface area contributed by atoms with Crippen LogP contribution < -0.4 is 11.1 Å². The molecule has 0 aliphatic heterocycles. The van der Waals surface area contributed by atoms with E-state index >= 15 is 0 Å². The molecule has 1 heterocycles. The summed E-state index contributed by atoms with van der Waals surface area (Å²) in [6.45, 7) is 4.32. The molecule has 78 valence electrons. The predicted octanol–water partition coefficient (Wildman–Crippen LogP) is -0.408. The van der Waals surface area contributed by atoms with Crippen LogP contribution in [0.5, 0.6) is 0 Å². The van der Waals surface area contributed by atoms with Gasteiger partial charge in [0.05, 0.1) is 6.20 Å². The first-order valence-electron chi connectivity index (χ1n) is 4.71. The van der Waals surface area contributed by atoms with Crippen LogP contribution in [0.25, 0.3) is 0 Å². The Morgan fingerprint density at radius 3 is 3.14 bits per heavy atom. The maximum absolute atomic E-state index is 5.55. The van der Waals surface area contributed by atoms with Crippen LogP contribution in [-0.4, -0.2) is 34.0 Å². The molecule has 1 aromatic rings. The molecule has 0 fully saturated rings. The minimum Gasteiger partial charge on any atom is -0.370 e. The molecule has 0 amide bonds. The summed E-state index contributed by atoms with van der Waals surface area (Å²) in [5, 5.41) is 10.5. The zero-order chi connectivity index (χ0) is 10.2. The van der Waals surface area contributed by atoms with Crippen molar-refractivity contribution in [3.8, 4) is 0 Å². The van der Waals surface area contributed by atoms with Gasteiger partial charge < -0.3 is 11.1 Å². The summed E-state index contributed by atoms with van der Waals surface area (Å²) in [5.41, 5.74) is 5.55. The Balaban J connectivity index is 2.13. The molecule has 14 heavy (non-hydrogen) atoms. The maximum atomic E-state index is 5.55. The lowest BCUT2D eigenvalue weighted by atomic mass is 10.4. The Morgan fingerprint density at radius 2 is 2.50 bits per heavy atom. The van der Waals surface area contributed by atoms with E-state index in [4.69, 9.17) is 5.73 Å². The summed E-state index contributed by atoms with van der Waals surface area (Å²) < 4.78 is 1.78. The van der Waals surface area contributed by atoms with Gasteiger partial charge >= 0.3 is 0 Å². The smallest absolute Gasteiger partial charge is 0.188 e. The molecule has 0 aliphatic rings. The first-order chi connectivity index (χ1) is 6.83. The van der Waals surface area contributed by atoms with Crippen LogP contribution >= 0.6 is 0 Å². The van der Waals surface area contributed by atoms with E-state index in [-0.39, 0.29) is 0 Å². The van der Waals surface area contributed by atoms with E-state index in [1.807, 2.05) is 13.1 Å². The highest BCUT2D eigenvalue weighted by molar-refractivity contribution is 5.77. The largest absolute Gasteiger partial charge is 0.370 e. The summed E-state index contributed by atoms with van der Waals surface area (Å²) in [5.74, 6) is 0.506. The number of aryl methyl sites for hydroxylation is 1. The monoisotopic (exact) mass is 196 g/mol. The fourth-order valence-corrected chi connectivity index (χ4v) is 1.02. The van der Waals surface area contributed by atoms with E-state index < -0.39 is 0 Å². The third-order valence-corrected chi connectivity index (χ3v) is 1.66. The average molecular weight is 196 g/mol. The van der Waals surface area contributed by atoms with Gasteiger partial charge in [0.15, 0.2) is 5.96 Å². The van der Waals surface area contributed by atoms with Crippen molar-refractivity contribution in [2.45, 2.75) is 19.9 Å². The highest BCUT2D eigenvalue weighted by Crippen LogP contribution is 1.87. The molecular weight excluding hydrogens is 180 g/mol. The molecule has 0 radical (unpaired) electrons. The second-order valence-electron chi connectivity index (χ2n) is 2.82. The third kappa shape index (κ3) is 3.88. The number of aliphatic imine (C=N–C) groups is 1. The molecule has 1 aromatic heterocycles. The number of nitrogens with zero attached hydrogens (tertiary/aromatic N) is 4. The summed E-state index contributed by atoms with van der Waals surface area (Å²) in [6.07, 6.45) is 4.41. The zero-order valence-corrected chi connectivity index (χ0v) is 8.35. The molecule has 0 aliphatic carbocycles. The summed E-state index contributed by atoms with van der Waals surface area (Å²) >= 11 is 0. The minimum absolute atomic E-state index is 0.506. The van der Waals surface area contributed by atoms with Crippen molar-refractivity contribution in [2.75, 3.05) is 13.1 Å². The lowest BCUT2D eigenvalue weighted by molar-refractivity contribution is 0.564. The van der Waals surface area contributed by atoms with E-state index in [1.54, 1.807) is 10.9 Å².